The van der Waals surface area contributed by atoms with Gasteiger partial charge >= 0.3 is 0 Å². The van der Waals surface area contributed by atoms with Gasteiger partial charge in [-0.05, 0) is 73.9 Å². The highest BCUT2D eigenvalue weighted by atomic mass is 19.1. The lowest BCUT2D eigenvalue weighted by molar-refractivity contribution is 0.0958. The third kappa shape index (κ3) is 5.57. The molecule has 1 aliphatic heterocycles. The van der Waals surface area contributed by atoms with Crippen LogP contribution in [0.3, 0.4) is 0 Å². The molecule has 178 valence electrons. The van der Waals surface area contributed by atoms with Gasteiger partial charge in [-0.1, -0.05) is 17.7 Å². The Balaban J connectivity index is 1.50. The molecule has 0 N–H and O–H groups in total. The van der Waals surface area contributed by atoms with E-state index in [0.29, 0.717) is 5.56 Å². The summed E-state index contributed by atoms with van der Waals surface area (Å²) >= 11 is 0. The van der Waals surface area contributed by atoms with Gasteiger partial charge in [-0.3, -0.25) is 9.69 Å². The maximum Gasteiger partial charge on any atom is 0.258 e. The van der Waals surface area contributed by atoms with Crippen LogP contribution in [0.2, 0.25) is 0 Å². The first kappa shape index (κ1) is 23.8. The molecule has 5 nitrogen and oxygen atoms in total. The van der Waals surface area contributed by atoms with E-state index >= 15 is 0 Å². The number of amides is 1. The maximum absolute atomic E-state index is 13.5. The summed E-state index contributed by atoms with van der Waals surface area (Å²) < 4.78 is 24.2. The van der Waals surface area contributed by atoms with E-state index in [1.54, 1.807) is 26.4 Å². The van der Waals surface area contributed by atoms with Crippen LogP contribution in [0.4, 0.5) is 10.1 Å². The number of hydrogen-bond donors (Lipinski definition) is 0. The Morgan fingerprint density at radius 2 is 1.53 bits per heavy atom. The molecule has 0 atom stereocenters. The Labute approximate surface area is 200 Å². The molecule has 3 aromatic carbocycles. The predicted octanol–water partition coefficient (Wildman–Crippen LogP) is 5.46. The second kappa shape index (κ2) is 10.7. The molecule has 0 spiro atoms. The molecule has 0 radical (unpaired) electrons. The fourth-order valence-electron chi connectivity index (χ4n) is 4.48. The fourth-order valence-corrected chi connectivity index (χ4v) is 4.48. The molecule has 1 aliphatic rings. The highest BCUT2D eigenvalue weighted by Gasteiger charge is 2.30. The molecule has 0 aliphatic carbocycles. The summed E-state index contributed by atoms with van der Waals surface area (Å²) in [7, 11) is 3.31. The van der Waals surface area contributed by atoms with E-state index in [1.165, 1.54) is 12.1 Å². The van der Waals surface area contributed by atoms with Crippen LogP contribution in [0.25, 0.3) is 0 Å². The molecular weight excluding hydrogens is 431 g/mol. The molecule has 6 heteroatoms. The number of benzene rings is 3. The first-order valence-corrected chi connectivity index (χ1v) is 11.6. The van der Waals surface area contributed by atoms with Crippen molar-refractivity contribution < 1.29 is 18.7 Å². The number of hydrogen-bond acceptors (Lipinski definition) is 4. The first-order valence-electron chi connectivity index (χ1n) is 11.6. The maximum atomic E-state index is 13.5. The Morgan fingerprint density at radius 3 is 2.09 bits per heavy atom. The third-order valence-corrected chi connectivity index (χ3v) is 6.36. The molecule has 0 bridgehead atoms. The number of nitrogens with zero attached hydrogens (tertiary/aromatic N) is 2. The van der Waals surface area contributed by atoms with Crippen molar-refractivity contribution in [1.29, 1.82) is 0 Å². The van der Waals surface area contributed by atoms with E-state index < -0.39 is 0 Å². The van der Waals surface area contributed by atoms with Crippen molar-refractivity contribution in [2.45, 2.75) is 32.4 Å². The lowest BCUT2D eigenvalue weighted by atomic mass is 9.99. The molecule has 1 amide bonds. The minimum Gasteiger partial charge on any atom is -0.497 e. The van der Waals surface area contributed by atoms with Gasteiger partial charge in [-0.15, -0.1) is 0 Å². The molecule has 0 saturated carbocycles. The highest BCUT2D eigenvalue weighted by Crippen LogP contribution is 2.28. The molecular formula is C28H31FN2O3. The number of rotatable bonds is 7. The van der Waals surface area contributed by atoms with Gasteiger partial charge < -0.3 is 14.4 Å². The van der Waals surface area contributed by atoms with Crippen LogP contribution in [-0.4, -0.2) is 44.2 Å². The number of carbonyl (C=O) groups is 1. The Bertz CT molecular complexity index is 1090. The second-order valence-corrected chi connectivity index (χ2v) is 8.75. The van der Waals surface area contributed by atoms with E-state index in [9.17, 15) is 9.18 Å². The smallest absolute Gasteiger partial charge is 0.258 e. The summed E-state index contributed by atoms with van der Waals surface area (Å²) in [6.07, 6.45) is 1.70. The van der Waals surface area contributed by atoms with Crippen LogP contribution < -0.4 is 14.4 Å². The number of piperidine rings is 1. The largest absolute Gasteiger partial charge is 0.497 e. The van der Waals surface area contributed by atoms with Crippen molar-refractivity contribution >= 4 is 11.6 Å². The van der Waals surface area contributed by atoms with Gasteiger partial charge in [0.05, 0.1) is 14.2 Å². The van der Waals surface area contributed by atoms with E-state index in [0.717, 1.165) is 60.8 Å². The number of likely N-dealkylation sites (tertiary alicyclic amines) is 1. The van der Waals surface area contributed by atoms with E-state index in [4.69, 9.17) is 9.47 Å². The first-order chi connectivity index (χ1) is 16.5. The normalized spacial score (nSPS) is 14.6. The lowest BCUT2D eigenvalue weighted by Gasteiger charge is -2.38. The van der Waals surface area contributed by atoms with Crippen LogP contribution in [0.15, 0.2) is 66.7 Å². The quantitative estimate of drug-likeness (QED) is 0.467. The van der Waals surface area contributed by atoms with Crippen LogP contribution >= 0.6 is 0 Å². The summed E-state index contributed by atoms with van der Waals surface area (Å²) in [5.41, 5.74) is 3.64. The molecule has 4 rings (SSSR count). The molecule has 34 heavy (non-hydrogen) atoms. The monoisotopic (exact) mass is 462 g/mol. The minimum atomic E-state index is -0.346. The number of anilines is 1. The third-order valence-electron chi connectivity index (χ3n) is 6.36. The van der Waals surface area contributed by atoms with Gasteiger partial charge in [0.2, 0.25) is 0 Å². The van der Waals surface area contributed by atoms with E-state index in [-0.39, 0.29) is 17.8 Å². The van der Waals surface area contributed by atoms with Gasteiger partial charge in [-0.25, -0.2) is 4.39 Å². The van der Waals surface area contributed by atoms with Crippen molar-refractivity contribution in [3.8, 4) is 11.5 Å². The topological polar surface area (TPSA) is 42.0 Å². The summed E-state index contributed by atoms with van der Waals surface area (Å²) in [5.74, 6) is 1.11. The van der Waals surface area contributed by atoms with E-state index in [1.807, 2.05) is 54.3 Å². The van der Waals surface area contributed by atoms with Crippen LogP contribution in [0.1, 0.15) is 34.3 Å². The van der Waals surface area contributed by atoms with Gasteiger partial charge in [0.15, 0.2) is 0 Å². The summed E-state index contributed by atoms with van der Waals surface area (Å²) in [5, 5.41) is 0. The number of methoxy groups -OCH3 is 2. The van der Waals surface area contributed by atoms with Crippen molar-refractivity contribution in [1.82, 2.24) is 4.90 Å². The predicted molar refractivity (Wildman–Crippen MR) is 132 cm³/mol. The second-order valence-electron chi connectivity index (χ2n) is 8.75. The van der Waals surface area contributed by atoms with Crippen molar-refractivity contribution in [2.75, 3.05) is 32.2 Å². The molecule has 0 aromatic heterocycles. The zero-order valence-corrected chi connectivity index (χ0v) is 20.0. The van der Waals surface area contributed by atoms with Crippen molar-refractivity contribution in [2.24, 2.45) is 0 Å². The Morgan fingerprint density at radius 1 is 0.941 bits per heavy atom. The zero-order valence-electron chi connectivity index (χ0n) is 20.0. The number of halogens is 1. The highest BCUT2D eigenvalue weighted by molar-refractivity contribution is 6.06. The van der Waals surface area contributed by atoms with Gasteiger partial charge in [-0.2, -0.15) is 0 Å². The summed E-state index contributed by atoms with van der Waals surface area (Å²) in [6.45, 7) is 4.55. The zero-order chi connectivity index (χ0) is 24.1. The van der Waals surface area contributed by atoms with Crippen molar-refractivity contribution in [3.63, 3.8) is 0 Å². The Kier molecular flexibility index (Phi) is 7.48. The summed E-state index contributed by atoms with van der Waals surface area (Å²) in [6, 6.07) is 19.8. The number of aryl methyl sites for hydroxylation is 1. The average molecular weight is 463 g/mol. The SMILES string of the molecule is COc1cc(CN2CCC(N(C(=O)c3ccc(F)cc3)c3ccc(C)cc3)CC2)cc(OC)c1. The average Bonchev–Trinajstić information content (AvgIpc) is 2.86. The van der Waals surface area contributed by atoms with Crippen molar-refractivity contribution in [3.05, 3.63) is 89.2 Å². The van der Waals surface area contributed by atoms with Crippen LogP contribution in [-0.2, 0) is 6.54 Å². The fraction of sp³-hybridized carbons (Fsp3) is 0.321. The molecule has 3 aromatic rings. The van der Waals surface area contributed by atoms with Crippen LogP contribution in [0.5, 0.6) is 11.5 Å². The molecule has 1 saturated heterocycles. The van der Waals surface area contributed by atoms with Gasteiger partial charge in [0, 0.05) is 43.0 Å². The lowest BCUT2D eigenvalue weighted by Crippen LogP contribution is -2.47. The molecule has 1 heterocycles. The molecule has 0 unspecified atom stereocenters. The van der Waals surface area contributed by atoms with Crippen LogP contribution in [0, 0.1) is 12.7 Å². The van der Waals surface area contributed by atoms with Gasteiger partial charge in [0.25, 0.3) is 5.91 Å². The van der Waals surface area contributed by atoms with Gasteiger partial charge in [0.1, 0.15) is 17.3 Å². The number of carbonyl (C=O) groups excluding carboxylic acids is 1. The minimum absolute atomic E-state index is 0.0661. The Hall–Kier alpha value is -3.38. The molecule has 1 fully saturated rings. The van der Waals surface area contributed by atoms with E-state index in [2.05, 4.69) is 4.90 Å². The summed E-state index contributed by atoms with van der Waals surface area (Å²) in [4.78, 5) is 17.8. The number of ether oxygens (including phenoxy) is 2. The standard InChI is InChI=1S/C28H31FN2O3/c1-20-4-10-24(11-5-20)31(28(32)22-6-8-23(29)9-7-22)25-12-14-30(15-13-25)19-21-16-26(33-2)18-27(17-21)34-3/h4-11,16-18,25H,12-15,19H2,1-3H3.